The zero-order valence-corrected chi connectivity index (χ0v) is 6.85. The van der Waals surface area contributed by atoms with Crippen molar-refractivity contribution in [2.75, 3.05) is 0 Å². The van der Waals surface area contributed by atoms with Crippen LogP contribution in [0.4, 0.5) is 0 Å². The average Bonchev–Trinajstić information content (AvgIpc) is 1.63. The normalized spacial score (nSPS) is 17.3. The van der Waals surface area contributed by atoms with E-state index in [2.05, 4.69) is 20.8 Å². The summed E-state index contributed by atoms with van der Waals surface area (Å²) >= 11 is 0. The van der Waals surface area contributed by atoms with Gasteiger partial charge >= 0.3 is 0 Å². The van der Waals surface area contributed by atoms with Crippen LogP contribution in [0.3, 0.4) is 0 Å². The van der Waals surface area contributed by atoms with E-state index in [1.807, 2.05) is 0 Å². The summed E-state index contributed by atoms with van der Waals surface area (Å²) in [7, 11) is 0. The van der Waals surface area contributed by atoms with Crippen LogP contribution in [-0.2, 0) is 0 Å². The molecule has 0 rings (SSSR count). The van der Waals surface area contributed by atoms with Crippen LogP contribution in [0.15, 0.2) is 0 Å². The van der Waals surface area contributed by atoms with E-state index in [0.717, 1.165) is 5.92 Å². The first kappa shape index (κ1) is 8.96. The van der Waals surface area contributed by atoms with Crippen molar-refractivity contribution in [2.45, 2.75) is 46.1 Å². The van der Waals surface area contributed by atoms with Gasteiger partial charge in [0.15, 0.2) is 0 Å². The van der Waals surface area contributed by atoms with Crippen LogP contribution >= 0.6 is 0 Å². The summed E-state index contributed by atoms with van der Waals surface area (Å²) in [6.45, 7) is 6.57. The monoisotopic (exact) mass is 129 g/mol. The lowest BCUT2D eigenvalue weighted by atomic mass is 9.99. The molecule has 0 amide bonds. The average molecular weight is 129 g/mol. The minimum Gasteiger partial charge on any atom is -0.328 e. The molecule has 9 heavy (non-hydrogen) atoms. The van der Waals surface area contributed by atoms with Gasteiger partial charge in [-0.05, 0) is 19.3 Å². The summed E-state index contributed by atoms with van der Waals surface area (Å²) in [6.07, 6.45) is 3.78. The lowest BCUT2D eigenvalue weighted by molar-refractivity contribution is 0.447. The summed E-state index contributed by atoms with van der Waals surface area (Å²) in [4.78, 5) is 0. The van der Waals surface area contributed by atoms with Crippen LogP contribution in [0, 0.1) is 5.92 Å². The van der Waals surface area contributed by atoms with Crippen LogP contribution in [0.25, 0.3) is 0 Å². The van der Waals surface area contributed by atoms with Crippen molar-refractivity contribution in [3.8, 4) is 0 Å². The molecule has 0 fully saturated rings. The Kier molecular flexibility index (Phi) is 4.78. The van der Waals surface area contributed by atoms with Gasteiger partial charge in [0.25, 0.3) is 0 Å². The van der Waals surface area contributed by atoms with Crippen molar-refractivity contribution in [3.63, 3.8) is 0 Å². The van der Waals surface area contributed by atoms with E-state index in [4.69, 9.17) is 5.73 Å². The molecule has 1 nitrogen and oxygen atoms in total. The van der Waals surface area contributed by atoms with E-state index < -0.39 is 0 Å². The molecule has 0 aliphatic rings. The summed E-state index contributed by atoms with van der Waals surface area (Å²) in [6, 6.07) is 0.381. The molecule has 2 N–H and O–H groups in total. The molecule has 0 aliphatic heterocycles. The van der Waals surface area contributed by atoms with Crippen LogP contribution in [-0.4, -0.2) is 6.04 Å². The SMILES string of the molecule is CCCC(C)C[C@H](C)N. The molecule has 0 saturated heterocycles. The molecule has 56 valence electrons. The highest BCUT2D eigenvalue weighted by atomic mass is 14.6. The van der Waals surface area contributed by atoms with Crippen LogP contribution in [0.2, 0.25) is 0 Å². The third-order valence-electron chi connectivity index (χ3n) is 1.56. The minimum atomic E-state index is 0.381. The highest BCUT2D eigenvalue weighted by Gasteiger charge is 2.02. The van der Waals surface area contributed by atoms with Gasteiger partial charge in [-0.15, -0.1) is 0 Å². The van der Waals surface area contributed by atoms with Gasteiger partial charge in [-0.1, -0.05) is 26.7 Å². The second kappa shape index (κ2) is 4.80. The fourth-order valence-electron chi connectivity index (χ4n) is 1.25. The number of rotatable bonds is 4. The third kappa shape index (κ3) is 5.84. The number of hydrogen-bond donors (Lipinski definition) is 1. The number of hydrogen-bond acceptors (Lipinski definition) is 1. The van der Waals surface area contributed by atoms with Gasteiger partial charge in [0.1, 0.15) is 0 Å². The van der Waals surface area contributed by atoms with Crippen molar-refractivity contribution in [2.24, 2.45) is 11.7 Å². The maximum absolute atomic E-state index is 5.62. The Hall–Kier alpha value is -0.0400. The molecular weight excluding hydrogens is 110 g/mol. The van der Waals surface area contributed by atoms with Crippen molar-refractivity contribution < 1.29 is 0 Å². The Morgan fingerprint density at radius 3 is 2.22 bits per heavy atom. The Balaban J connectivity index is 3.15. The molecule has 0 saturated carbocycles. The Morgan fingerprint density at radius 2 is 1.89 bits per heavy atom. The maximum atomic E-state index is 5.62. The molecular formula is C8H19N. The van der Waals surface area contributed by atoms with Crippen LogP contribution < -0.4 is 5.73 Å². The molecule has 1 heteroatoms. The zero-order chi connectivity index (χ0) is 7.28. The molecule has 0 radical (unpaired) electrons. The van der Waals surface area contributed by atoms with Gasteiger partial charge in [-0.2, -0.15) is 0 Å². The largest absolute Gasteiger partial charge is 0.328 e. The molecule has 0 aromatic heterocycles. The quantitative estimate of drug-likeness (QED) is 0.618. The van der Waals surface area contributed by atoms with E-state index in [9.17, 15) is 0 Å². The zero-order valence-electron chi connectivity index (χ0n) is 6.85. The standard InChI is InChI=1S/C8H19N/c1-4-5-7(2)6-8(3)9/h7-8H,4-6,9H2,1-3H3/t7?,8-/m0/s1. The lowest BCUT2D eigenvalue weighted by Gasteiger charge is -2.11. The van der Waals surface area contributed by atoms with Crippen molar-refractivity contribution in [3.05, 3.63) is 0 Å². The van der Waals surface area contributed by atoms with E-state index in [1.165, 1.54) is 19.3 Å². The van der Waals surface area contributed by atoms with E-state index in [-0.39, 0.29) is 0 Å². The van der Waals surface area contributed by atoms with Gasteiger partial charge in [-0.25, -0.2) is 0 Å². The summed E-state index contributed by atoms with van der Waals surface area (Å²) in [5.41, 5.74) is 5.62. The first-order valence-electron chi connectivity index (χ1n) is 3.92. The van der Waals surface area contributed by atoms with Crippen molar-refractivity contribution in [1.82, 2.24) is 0 Å². The van der Waals surface area contributed by atoms with E-state index in [0.29, 0.717) is 6.04 Å². The van der Waals surface area contributed by atoms with E-state index in [1.54, 1.807) is 0 Å². The van der Waals surface area contributed by atoms with Gasteiger partial charge in [-0.3, -0.25) is 0 Å². The van der Waals surface area contributed by atoms with Gasteiger partial charge in [0.05, 0.1) is 0 Å². The van der Waals surface area contributed by atoms with Gasteiger partial charge < -0.3 is 5.73 Å². The number of nitrogens with two attached hydrogens (primary N) is 1. The first-order chi connectivity index (χ1) is 4.16. The lowest BCUT2D eigenvalue weighted by Crippen LogP contribution is -2.18. The fourth-order valence-corrected chi connectivity index (χ4v) is 1.25. The molecule has 0 bridgehead atoms. The minimum absolute atomic E-state index is 0.381. The molecule has 2 atom stereocenters. The predicted molar refractivity (Wildman–Crippen MR) is 42.3 cm³/mol. The summed E-state index contributed by atoms with van der Waals surface area (Å²) < 4.78 is 0. The molecule has 1 unspecified atom stereocenters. The van der Waals surface area contributed by atoms with Crippen LogP contribution in [0.5, 0.6) is 0 Å². The Morgan fingerprint density at radius 1 is 1.33 bits per heavy atom. The second-order valence-electron chi connectivity index (χ2n) is 3.11. The van der Waals surface area contributed by atoms with Gasteiger partial charge in [0.2, 0.25) is 0 Å². The maximum Gasteiger partial charge on any atom is 0.00130 e. The molecule has 0 aromatic carbocycles. The third-order valence-corrected chi connectivity index (χ3v) is 1.56. The predicted octanol–water partition coefficient (Wildman–Crippen LogP) is 2.16. The summed E-state index contributed by atoms with van der Waals surface area (Å²) in [5, 5.41) is 0. The molecule has 0 aliphatic carbocycles. The molecule has 0 spiro atoms. The van der Waals surface area contributed by atoms with Crippen molar-refractivity contribution >= 4 is 0 Å². The van der Waals surface area contributed by atoms with Crippen LogP contribution in [0.1, 0.15) is 40.0 Å². The smallest absolute Gasteiger partial charge is 0.00130 e. The highest BCUT2D eigenvalue weighted by molar-refractivity contribution is 4.59. The fraction of sp³-hybridized carbons (Fsp3) is 1.00. The van der Waals surface area contributed by atoms with Gasteiger partial charge in [0, 0.05) is 6.04 Å². The Bertz CT molecular complexity index is 59.6. The van der Waals surface area contributed by atoms with Crippen molar-refractivity contribution in [1.29, 1.82) is 0 Å². The topological polar surface area (TPSA) is 26.0 Å². The Labute approximate surface area is 58.6 Å². The van der Waals surface area contributed by atoms with E-state index >= 15 is 0 Å². The highest BCUT2D eigenvalue weighted by Crippen LogP contribution is 2.10. The first-order valence-corrected chi connectivity index (χ1v) is 3.92. The second-order valence-corrected chi connectivity index (χ2v) is 3.11. The molecule has 0 heterocycles. The molecule has 0 aromatic rings. The summed E-state index contributed by atoms with van der Waals surface area (Å²) in [5.74, 6) is 0.815.